The van der Waals surface area contributed by atoms with Gasteiger partial charge in [-0.2, -0.15) is 0 Å². The van der Waals surface area contributed by atoms with Gasteiger partial charge in [0, 0.05) is 15.4 Å². The molecule has 0 aromatic heterocycles. The highest BCUT2D eigenvalue weighted by Gasteiger charge is 2.13. The van der Waals surface area contributed by atoms with Crippen molar-refractivity contribution in [2.24, 2.45) is 5.73 Å². The molecule has 3 nitrogen and oxygen atoms in total. The first-order valence-electron chi connectivity index (χ1n) is 3.47. The van der Waals surface area contributed by atoms with Crippen LogP contribution in [-0.4, -0.2) is 24.5 Å². The number of amides is 1. The van der Waals surface area contributed by atoms with Crippen LogP contribution < -0.4 is 5.73 Å². The molecule has 0 spiro atoms. The number of primary amides is 1. The minimum atomic E-state index is -1.53. The van der Waals surface area contributed by atoms with Crippen molar-refractivity contribution in [3.8, 4) is 0 Å². The average Bonchev–Trinajstić information content (AvgIpc) is 1.80. The van der Waals surface area contributed by atoms with Crippen molar-refractivity contribution in [3.05, 3.63) is 11.5 Å². The Morgan fingerprint density at radius 2 is 2.00 bits per heavy atom. The van der Waals surface area contributed by atoms with Crippen molar-refractivity contribution >= 4 is 24.5 Å². The Hall–Kier alpha value is -0.556. The minimum absolute atomic E-state index is 0.366. The van der Waals surface area contributed by atoms with E-state index in [9.17, 15) is 4.79 Å². The average molecular weight is 189 g/mol. The second-order valence-electron chi connectivity index (χ2n) is 3.40. The summed E-state index contributed by atoms with van der Waals surface area (Å²) < 4.78 is 5.36. The molecule has 11 heavy (non-hydrogen) atoms. The molecule has 0 saturated carbocycles. The topological polar surface area (TPSA) is 52.3 Å². The van der Waals surface area contributed by atoms with E-state index in [1.165, 1.54) is 6.26 Å². The van der Waals surface area contributed by atoms with Gasteiger partial charge in [-0.15, -0.1) is 0 Å². The van der Waals surface area contributed by atoms with Gasteiger partial charge in [-0.25, -0.2) is 0 Å². The van der Waals surface area contributed by atoms with E-state index in [2.05, 4.69) is 19.6 Å². The Morgan fingerprint density at radius 1 is 1.55 bits per heavy atom. The van der Waals surface area contributed by atoms with Crippen LogP contribution in [0.15, 0.2) is 11.5 Å². The molecule has 64 valence electrons. The van der Waals surface area contributed by atoms with Gasteiger partial charge in [-0.05, 0) is 19.6 Å². The van der Waals surface area contributed by atoms with Crippen molar-refractivity contribution in [2.45, 2.75) is 19.6 Å². The highest BCUT2D eigenvalue weighted by atomic mass is 28.4. The van der Waals surface area contributed by atoms with Crippen LogP contribution >= 0.6 is 0 Å². The van der Waals surface area contributed by atoms with E-state index in [0.717, 1.165) is 0 Å². The van der Waals surface area contributed by atoms with Crippen LogP contribution in [0.25, 0.3) is 0 Å². The molecule has 0 unspecified atom stereocenters. The second-order valence-corrected chi connectivity index (χ2v) is 8.93. The van der Waals surface area contributed by atoms with Crippen LogP contribution in [0.5, 0.6) is 0 Å². The van der Waals surface area contributed by atoms with Crippen molar-refractivity contribution < 1.29 is 9.22 Å². The number of carbonyl (C=O) groups is 1. The summed E-state index contributed by atoms with van der Waals surface area (Å²) in [5.74, 6) is -0.366. The molecule has 0 radical (unpaired) electrons. The van der Waals surface area contributed by atoms with Gasteiger partial charge in [-0.3, -0.25) is 4.79 Å². The monoisotopic (exact) mass is 189 g/mol. The fourth-order valence-corrected chi connectivity index (χ4v) is 1.21. The van der Waals surface area contributed by atoms with Crippen molar-refractivity contribution in [2.75, 3.05) is 0 Å². The van der Waals surface area contributed by atoms with Crippen LogP contribution in [0.4, 0.5) is 0 Å². The molecule has 1 amide bonds. The molecule has 0 aliphatic rings. The maximum absolute atomic E-state index is 10.5. The van der Waals surface area contributed by atoms with Gasteiger partial charge in [0.05, 0.1) is 6.26 Å². The van der Waals surface area contributed by atoms with Crippen molar-refractivity contribution in [1.82, 2.24) is 0 Å². The van der Waals surface area contributed by atoms with Crippen LogP contribution in [0.3, 0.4) is 0 Å². The summed E-state index contributed by atoms with van der Waals surface area (Å²) in [6.07, 6.45) is 1.51. The number of rotatable bonds is 3. The minimum Gasteiger partial charge on any atom is -0.550 e. The summed E-state index contributed by atoms with van der Waals surface area (Å²) >= 11 is 0. The molecule has 0 aliphatic carbocycles. The third-order valence-electron chi connectivity index (χ3n) is 0.978. The Morgan fingerprint density at radius 3 is 2.27 bits per heavy atom. The normalized spacial score (nSPS) is 13.2. The first-order valence-corrected chi connectivity index (χ1v) is 7.88. The van der Waals surface area contributed by atoms with Gasteiger partial charge >= 0.3 is 0 Å². The Labute approximate surface area is 71.2 Å². The number of nitrogens with two attached hydrogens (primary N) is 1. The maximum Gasteiger partial charge on any atom is 0.242 e. The van der Waals surface area contributed by atoms with E-state index in [-0.39, 0.29) is 5.91 Å². The molecule has 0 heterocycles. The summed E-state index contributed by atoms with van der Waals surface area (Å²) in [5, 5.41) is 0.604. The van der Waals surface area contributed by atoms with Crippen LogP contribution in [0, 0.1) is 0 Å². The lowest BCUT2D eigenvalue weighted by atomic mass is 10.6. The molecule has 0 fully saturated rings. The SMILES string of the molecule is C[Si](C)(C)OC=C([SiH3])C(N)=O. The molecule has 0 bridgehead atoms. The molecule has 0 atom stereocenters. The van der Waals surface area contributed by atoms with Crippen LogP contribution in [0.2, 0.25) is 19.6 Å². The second kappa shape index (κ2) is 3.73. The van der Waals surface area contributed by atoms with E-state index in [0.29, 0.717) is 15.4 Å². The first kappa shape index (κ1) is 10.4. The van der Waals surface area contributed by atoms with Gasteiger partial charge in [0.15, 0.2) is 0 Å². The largest absolute Gasteiger partial charge is 0.550 e. The number of hydrogen-bond donors (Lipinski definition) is 1. The zero-order valence-corrected chi connectivity index (χ0v) is 10.5. The van der Waals surface area contributed by atoms with Crippen molar-refractivity contribution in [3.63, 3.8) is 0 Å². The summed E-state index contributed by atoms with van der Waals surface area (Å²) in [4.78, 5) is 10.5. The highest BCUT2D eigenvalue weighted by molar-refractivity contribution is 6.70. The molecule has 2 N–H and O–H groups in total. The molecule has 0 aliphatic heterocycles. The van der Waals surface area contributed by atoms with E-state index in [1.54, 1.807) is 0 Å². The molecule has 0 rings (SSSR count). The lowest BCUT2D eigenvalue weighted by Gasteiger charge is -2.15. The molecular weight excluding hydrogens is 174 g/mol. The molecule has 0 saturated heterocycles. The predicted molar refractivity (Wildman–Crippen MR) is 51.6 cm³/mol. The third kappa shape index (κ3) is 5.87. The first-order chi connectivity index (χ1) is 4.83. The third-order valence-corrected chi connectivity index (χ3v) is 2.53. The van der Waals surface area contributed by atoms with E-state index in [4.69, 9.17) is 10.2 Å². The van der Waals surface area contributed by atoms with E-state index < -0.39 is 8.32 Å². The smallest absolute Gasteiger partial charge is 0.242 e. The summed E-state index contributed by atoms with van der Waals surface area (Å²) in [5.41, 5.74) is 5.03. The van der Waals surface area contributed by atoms with E-state index >= 15 is 0 Å². The van der Waals surface area contributed by atoms with Crippen LogP contribution in [0.1, 0.15) is 0 Å². The van der Waals surface area contributed by atoms with Gasteiger partial charge in [0.2, 0.25) is 14.2 Å². The Balaban J connectivity index is 4.04. The van der Waals surface area contributed by atoms with Gasteiger partial charge < -0.3 is 10.2 Å². The van der Waals surface area contributed by atoms with Gasteiger partial charge in [-0.1, -0.05) is 0 Å². The Kier molecular flexibility index (Phi) is 3.54. The molecule has 5 heteroatoms. The quantitative estimate of drug-likeness (QED) is 0.371. The standard InChI is InChI=1S/C6H15NO2Si2/c1-11(2,3)9-4-5(10)6(7)8/h4H,1-3,10H3,(H2,7,8). The molecular formula is C6H15NO2Si2. The number of carbonyl (C=O) groups excluding carboxylic acids is 1. The number of hydrogen-bond acceptors (Lipinski definition) is 2. The maximum atomic E-state index is 10.5. The summed E-state index contributed by atoms with van der Waals surface area (Å²) in [6, 6.07) is 0. The summed E-state index contributed by atoms with van der Waals surface area (Å²) in [7, 11) is -0.877. The Bertz CT molecular complexity index is 184. The van der Waals surface area contributed by atoms with Crippen LogP contribution in [-0.2, 0) is 9.22 Å². The van der Waals surface area contributed by atoms with Gasteiger partial charge in [0.25, 0.3) is 0 Å². The van der Waals surface area contributed by atoms with E-state index in [1.807, 2.05) is 0 Å². The predicted octanol–water partition coefficient (Wildman–Crippen LogP) is -0.470. The zero-order chi connectivity index (χ0) is 9.07. The summed E-state index contributed by atoms with van der Waals surface area (Å²) in [6.45, 7) is 6.16. The fourth-order valence-electron chi connectivity index (χ4n) is 0.323. The van der Waals surface area contributed by atoms with Gasteiger partial charge in [0.1, 0.15) is 0 Å². The van der Waals surface area contributed by atoms with Crippen molar-refractivity contribution in [1.29, 1.82) is 0 Å². The zero-order valence-electron chi connectivity index (χ0n) is 7.47. The molecule has 0 aromatic rings. The highest BCUT2D eigenvalue weighted by Crippen LogP contribution is 2.03. The lowest BCUT2D eigenvalue weighted by molar-refractivity contribution is -0.114. The lowest BCUT2D eigenvalue weighted by Crippen LogP contribution is -2.23. The molecule has 0 aromatic carbocycles. The fraction of sp³-hybridized carbons (Fsp3) is 0.500.